The molecule has 0 spiro atoms. The van der Waals surface area contributed by atoms with Gasteiger partial charge in [-0.1, -0.05) is 0 Å². The summed E-state index contributed by atoms with van der Waals surface area (Å²) in [5, 5.41) is 109. The predicted octanol–water partition coefficient (Wildman–Crippen LogP) is -7.73. The van der Waals surface area contributed by atoms with E-state index >= 15 is 0 Å². The van der Waals surface area contributed by atoms with E-state index in [0.717, 1.165) is 0 Å². The van der Waals surface area contributed by atoms with Crippen LogP contribution in [0.1, 0.15) is 0 Å². The molecule has 39 heavy (non-hydrogen) atoms. The van der Waals surface area contributed by atoms with Crippen molar-refractivity contribution >= 4 is 13.8 Å². The molecule has 2 rings (SSSR count). The van der Waals surface area contributed by atoms with Gasteiger partial charge < -0.3 is 84.9 Å². The second kappa shape index (κ2) is 14.3. The largest absolute Gasteiger partial charge is 0.479 e. The summed E-state index contributed by atoms with van der Waals surface area (Å²) in [6.07, 6.45) is -28.7. The highest BCUT2D eigenvalue weighted by molar-refractivity contribution is 7.46. The van der Waals surface area contributed by atoms with Crippen molar-refractivity contribution < 1.29 is 98.8 Å². The summed E-state index contributed by atoms with van der Waals surface area (Å²) in [7, 11) is -5.07. The molecule has 0 radical (unpaired) electrons. The summed E-state index contributed by atoms with van der Waals surface area (Å²) in [6, 6.07) is 0. The minimum atomic E-state index is -5.07. The van der Waals surface area contributed by atoms with E-state index in [-0.39, 0.29) is 0 Å². The van der Waals surface area contributed by atoms with E-state index in [1.54, 1.807) is 0 Å². The van der Waals surface area contributed by atoms with E-state index in [2.05, 4.69) is 4.52 Å². The van der Waals surface area contributed by atoms with E-state index in [1.165, 1.54) is 0 Å². The Kier molecular flexibility index (Phi) is 12.5. The number of phosphoric ester groups is 1. The fraction of sp³-hybridized carbons (Fsp3) is 0.944. The molecular weight excluding hydrogens is 567 g/mol. The Labute approximate surface area is 219 Å². The zero-order valence-electron chi connectivity index (χ0n) is 19.8. The summed E-state index contributed by atoms with van der Waals surface area (Å²) < 4.78 is 35.7. The van der Waals surface area contributed by atoms with Crippen LogP contribution in [0.25, 0.3) is 0 Å². The number of hydrogen-bond donors (Lipinski definition) is 13. The van der Waals surface area contributed by atoms with Gasteiger partial charge in [-0.3, -0.25) is 4.52 Å². The van der Waals surface area contributed by atoms with Crippen LogP contribution in [0.15, 0.2) is 0 Å². The van der Waals surface area contributed by atoms with Crippen LogP contribution in [0.5, 0.6) is 0 Å². The third-order valence-corrected chi connectivity index (χ3v) is 6.44. The molecule has 2 aliphatic rings. The molecule has 0 amide bonds. The minimum Gasteiger partial charge on any atom is -0.479 e. The molecule has 14 atom stereocenters. The van der Waals surface area contributed by atoms with Crippen LogP contribution in [0.2, 0.25) is 0 Å². The van der Waals surface area contributed by atoms with Gasteiger partial charge in [0.15, 0.2) is 18.7 Å². The number of carboxylic acid groups (broad SMARTS) is 1. The van der Waals surface area contributed by atoms with Gasteiger partial charge in [-0.05, 0) is 0 Å². The lowest BCUT2D eigenvalue weighted by Gasteiger charge is -2.46. The van der Waals surface area contributed by atoms with E-state index in [1.807, 2.05) is 0 Å². The lowest BCUT2D eigenvalue weighted by Crippen LogP contribution is -2.66. The number of aliphatic carboxylic acids is 1. The molecule has 0 unspecified atom stereocenters. The van der Waals surface area contributed by atoms with Crippen molar-refractivity contribution in [2.75, 3.05) is 19.8 Å². The molecular formula is C18H33O20P. The molecule has 2 aliphatic heterocycles. The number of ether oxygens (including phenoxy) is 4. The van der Waals surface area contributed by atoms with Gasteiger partial charge in [0.1, 0.15) is 67.1 Å². The van der Waals surface area contributed by atoms with Crippen molar-refractivity contribution in [2.45, 2.75) is 85.8 Å². The highest BCUT2D eigenvalue weighted by Gasteiger charge is 2.53. The van der Waals surface area contributed by atoms with Crippen molar-refractivity contribution in [1.82, 2.24) is 0 Å². The quantitative estimate of drug-likeness (QED) is 0.0872. The third kappa shape index (κ3) is 8.52. The summed E-state index contributed by atoms with van der Waals surface area (Å²) in [5.74, 6) is -1.84. The Bertz CT molecular complexity index is 826. The van der Waals surface area contributed by atoms with Crippen molar-refractivity contribution in [3.63, 3.8) is 0 Å². The highest BCUT2D eigenvalue weighted by Crippen LogP contribution is 2.37. The van der Waals surface area contributed by atoms with Gasteiger partial charge in [-0.15, -0.1) is 0 Å². The Hall–Kier alpha value is -0.980. The topological polar surface area (TPSA) is 343 Å². The maximum absolute atomic E-state index is 11.9. The lowest BCUT2D eigenvalue weighted by molar-refractivity contribution is -0.360. The number of phosphoric acid groups is 1. The van der Waals surface area contributed by atoms with Gasteiger partial charge in [-0.25, -0.2) is 9.36 Å². The van der Waals surface area contributed by atoms with Crippen molar-refractivity contribution in [3.8, 4) is 0 Å². The summed E-state index contributed by atoms with van der Waals surface area (Å²) in [6.45, 7) is -3.11. The van der Waals surface area contributed by atoms with Gasteiger partial charge in [0, 0.05) is 0 Å². The Morgan fingerprint density at radius 2 is 1.41 bits per heavy atom. The summed E-state index contributed by atoms with van der Waals surface area (Å²) in [5.41, 5.74) is 0. The molecule has 0 aliphatic carbocycles. The maximum atomic E-state index is 11.9. The van der Waals surface area contributed by atoms with Crippen LogP contribution in [0.3, 0.4) is 0 Å². The van der Waals surface area contributed by atoms with Crippen molar-refractivity contribution in [1.29, 1.82) is 0 Å². The Morgan fingerprint density at radius 1 is 0.821 bits per heavy atom. The number of aliphatic hydroxyl groups is 10. The smallest absolute Gasteiger partial charge is 0.469 e. The average Bonchev–Trinajstić information content (AvgIpc) is 2.88. The number of hydrogen-bond acceptors (Lipinski definition) is 17. The SMILES string of the molecule is O=C(O)[C@H]1O[C@H](O[C@@H](CO)[C@@H](O)[C@@H](O)[C@H](O)CO)[C@H](O)[C@@H](O)[C@@H]1O[C@@H]1O[C@H](COP(=O)(O)O)[C@@H](O)[C@H](O)[C@@H]1O. The van der Waals surface area contributed by atoms with E-state index in [0.29, 0.717) is 0 Å². The Morgan fingerprint density at radius 3 is 1.92 bits per heavy atom. The molecule has 2 heterocycles. The second-order valence-electron chi connectivity index (χ2n) is 8.73. The average molecular weight is 600 g/mol. The zero-order valence-corrected chi connectivity index (χ0v) is 20.7. The second-order valence-corrected chi connectivity index (χ2v) is 9.97. The van der Waals surface area contributed by atoms with E-state index in [9.17, 15) is 60.4 Å². The molecule has 21 heteroatoms. The number of carbonyl (C=O) groups is 1. The predicted molar refractivity (Wildman–Crippen MR) is 115 cm³/mol. The molecule has 230 valence electrons. The van der Waals surface area contributed by atoms with Crippen LogP contribution in [-0.2, 0) is 32.8 Å². The number of rotatable bonds is 13. The molecule has 2 saturated heterocycles. The number of carboxylic acids is 1. The van der Waals surface area contributed by atoms with E-state index in [4.69, 9.17) is 33.8 Å². The normalized spacial score (nSPS) is 39.1. The van der Waals surface area contributed by atoms with Crippen molar-refractivity contribution in [3.05, 3.63) is 0 Å². The molecule has 0 saturated carbocycles. The molecule has 2 fully saturated rings. The van der Waals surface area contributed by atoms with Crippen LogP contribution < -0.4 is 0 Å². The maximum Gasteiger partial charge on any atom is 0.469 e. The van der Waals surface area contributed by atoms with Gasteiger partial charge in [0.05, 0.1) is 19.8 Å². The summed E-state index contributed by atoms with van der Waals surface area (Å²) >= 11 is 0. The summed E-state index contributed by atoms with van der Waals surface area (Å²) in [4.78, 5) is 29.5. The Balaban J connectivity index is 2.20. The van der Waals surface area contributed by atoms with Gasteiger partial charge in [0.2, 0.25) is 0 Å². The third-order valence-electron chi connectivity index (χ3n) is 5.96. The van der Waals surface area contributed by atoms with E-state index < -0.39 is 119 Å². The molecule has 0 aromatic rings. The molecule has 0 aromatic carbocycles. The fourth-order valence-electron chi connectivity index (χ4n) is 3.75. The molecule has 0 aromatic heterocycles. The molecule has 0 bridgehead atoms. The first-order valence-corrected chi connectivity index (χ1v) is 12.8. The monoisotopic (exact) mass is 600 g/mol. The van der Waals surface area contributed by atoms with Crippen LogP contribution in [0.4, 0.5) is 0 Å². The highest BCUT2D eigenvalue weighted by atomic mass is 31.2. The number of aliphatic hydroxyl groups excluding tert-OH is 10. The van der Waals surface area contributed by atoms with Gasteiger partial charge >= 0.3 is 13.8 Å². The van der Waals surface area contributed by atoms with Crippen LogP contribution in [-0.4, -0.2) is 178 Å². The van der Waals surface area contributed by atoms with Crippen LogP contribution >= 0.6 is 7.82 Å². The first kappa shape index (κ1) is 34.2. The molecule has 13 N–H and O–H groups in total. The zero-order chi connectivity index (χ0) is 29.8. The van der Waals surface area contributed by atoms with Crippen molar-refractivity contribution in [2.24, 2.45) is 0 Å². The molecule has 20 nitrogen and oxygen atoms in total. The standard InChI is InChI=1S/C18H33O20P/c19-1-4(21)7(22)8(23)5(2-20)35-18-13(28)11(26)14(15(38-18)16(29)30)37-17-12(27)10(25)9(24)6(36-17)3-34-39(31,32)33/h4-15,17-28H,1-3H2,(H,29,30)(H2,31,32,33)/t4-,5+,6-,7+,8-,9-,10+,11-,12+,13-,14+,15+,17+,18+/m1/s1. The first-order chi connectivity index (χ1) is 18.0. The lowest BCUT2D eigenvalue weighted by atomic mass is 9.96. The van der Waals surface area contributed by atoms with Gasteiger partial charge in [-0.2, -0.15) is 0 Å². The minimum absolute atomic E-state index is 0.995. The van der Waals surface area contributed by atoms with Crippen LogP contribution in [0, 0.1) is 0 Å². The first-order valence-electron chi connectivity index (χ1n) is 11.2. The fourth-order valence-corrected chi connectivity index (χ4v) is 4.09. The van der Waals surface area contributed by atoms with Gasteiger partial charge in [0.25, 0.3) is 0 Å².